The fourth-order valence-corrected chi connectivity index (χ4v) is 5.42. The van der Waals surface area contributed by atoms with E-state index in [1.54, 1.807) is 43.4 Å². The second-order valence-electron chi connectivity index (χ2n) is 7.54. The van der Waals surface area contributed by atoms with Gasteiger partial charge in [0.05, 0.1) is 4.90 Å². The van der Waals surface area contributed by atoms with Gasteiger partial charge in [-0.15, -0.1) is 0 Å². The lowest BCUT2D eigenvalue weighted by Crippen LogP contribution is -2.46. The molecule has 1 saturated heterocycles. The zero-order valence-corrected chi connectivity index (χ0v) is 17.9. The Morgan fingerprint density at radius 3 is 2.52 bits per heavy atom. The largest absolute Gasteiger partial charge is 0.368 e. The molecule has 0 radical (unpaired) electrons. The van der Waals surface area contributed by atoms with Gasteiger partial charge in [0.2, 0.25) is 16.0 Å². The maximum Gasteiger partial charge on any atom is 0.243 e. The Bertz CT molecular complexity index is 1180. The van der Waals surface area contributed by atoms with Crippen LogP contribution in [0, 0.1) is 5.82 Å². The highest BCUT2D eigenvalue weighted by Gasteiger charge is 2.31. The summed E-state index contributed by atoms with van der Waals surface area (Å²) in [5.41, 5.74) is 7.24. The molecule has 7 nitrogen and oxygen atoms in total. The Morgan fingerprint density at radius 1 is 1.10 bits per heavy atom. The van der Waals surface area contributed by atoms with E-state index >= 15 is 0 Å². The standard InChI is InChI=1S/C22H24FN5O2S/c1-28(17-5-4-10-25-14-17)31(29,30)21-7-3-2-6-19(21)15-8-9-18(20(23)11-15)16-12-26-22(24)27-13-16/h2-3,6-9,11-13,17,25H,4-5,10,14H2,1H3,(H2,24,26,27). The number of nitrogen functional groups attached to an aromatic ring is 1. The van der Waals surface area contributed by atoms with Crippen LogP contribution in [0.1, 0.15) is 12.8 Å². The second kappa shape index (κ2) is 8.70. The molecule has 1 atom stereocenters. The number of hydrogen-bond acceptors (Lipinski definition) is 6. The van der Waals surface area contributed by atoms with Gasteiger partial charge in [0.1, 0.15) is 5.82 Å². The monoisotopic (exact) mass is 441 g/mol. The lowest BCUT2D eigenvalue weighted by molar-refractivity contribution is 0.300. The van der Waals surface area contributed by atoms with Gasteiger partial charge < -0.3 is 11.1 Å². The van der Waals surface area contributed by atoms with Crippen molar-refractivity contribution in [3.8, 4) is 22.3 Å². The number of piperidine rings is 1. The van der Waals surface area contributed by atoms with E-state index in [0.717, 1.165) is 19.4 Å². The van der Waals surface area contributed by atoms with Crippen LogP contribution in [0.4, 0.5) is 10.3 Å². The van der Waals surface area contributed by atoms with Gasteiger partial charge in [-0.05, 0) is 37.1 Å². The van der Waals surface area contributed by atoms with Crippen LogP contribution in [-0.2, 0) is 10.0 Å². The molecule has 1 aromatic heterocycles. The summed E-state index contributed by atoms with van der Waals surface area (Å²) >= 11 is 0. The van der Waals surface area contributed by atoms with E-state index in [1.807, 2.05) is 0 Å². The number of anilines is 1. The summed E-state index contributed by atoms with van der Waals surface area (Å²) in [6, 6.07) is 11.2. The predicted molar refractivity (Wildman–Crippen MR) is 118 cm³/mol. The number of sulfonamides is 1. The number of hydrogen-bond donors (Lipinski definition) is 2. The molecule has 9 heteroatoms. The highest BCUT2D eigenvalue weighted by atomic mass is 32.2. The molecule has 3 aromatic rings. The minimum atomic E-state index is -3.76. The summed E-state index contributed by atoms with van der Waals surface area (Å²) in [6.07, 6.45) is 4.63. The number of likely N-dealkylation sites (N-methyl/N-ethyl adjacent to an activating group) is 1. The maximum atomic E-state index is 14.9. The second-order valence-corrected chi connectivity index (χ2v) is 9.51. The number of aromatic nitrogens is 2. The molecule has 2 heterocycles. The first kappa shape index (κ1) is 21.4. The first-order valence-electron chi connectivity index (χ1n) is 10.0. The van der Waals surface area contributed by atoms with Gasteiger partial charge in [-0.25, -0.2) is 22.8 Å². The van der Waals surface area contributed by atoms with E-state index in [9.17, 15) is 12.8 Å². The van der Waals surface area contributed by atoms with Crippen LogP contribution in [0.15, 0.2) is 59.8 Å². The summed E-state index contributed by atoms with van der Waals surface area (Å²) in [5.74, 6) is -0.389. The van der Waals surface area contributed by atoms with Crippen LogP contribution in [0.25, 0.3) is 22.3 Å². The lowest BCUT2D eigenvalue weighted by Gasteiger charge is -2.31. The van der Waals surface area contributed by atoms with E-state index in [2.05, 4.69) is 15.3 Å². The van der Waals surface area contributed by atoms with Crippen molar-refractivity contribution < 1.29 is 12.8 Å². The molecule has 1 aliphatic rings. The van der Waals surface area contributed by atoms with Crippen molar-refractivity contribution in [2.75, 3.05) is 25.9 Å². The normalized spacial score (nSPS) is 17.1. The van der Waals surface area contributed by atoms with Crippen LogP contribution in [0.3, 0.4) is 0 Å². The zero-order valence-electron chi connectivity index (χ0n) is 17.1. The Balaban J connectivity index is 1.71. The SMILES string of the molecule is CN(C1CCCNC1)S(=O)(=O)c1ccccc1-c1ccc(-c2cnc(N)nc2)c(F)c1. The molecule has 1 unspecified atom stereocenters. The van der Waals surface area contributed by atoms with Gasteiger partial charge in [0.15, 0.2) is 0 Å². The fourth-order valence-electron chi connectivity index (χ4n) is 3.82. The third kappa shape index (κ3) is 4.30. The molecule has 0 aliphatic carbocycles. The van der Waals surface area contributed by atoms with E-state index in [4.69, 9.17) is 5.73 Å². The van der Waals surface area contributed by atoms with Crippen molar-refractivity contribution >= 4 is 16.0 Å². The smallest absolute Gasteiger partial charge is 0.243 e. The molecule has 4 rings (SSSR count). The molecule has 0 spiro atoms. The van der Waals surface area contributed by atoms with Crippen molar-refractivity contribution in [2.24, 2.45) is 0 Å². The van der Waals surface area contributed by atoms with E-state index in [1.165, 1.54) is 22.8 Å². The molecular weight excluding hydrogens is 417 g/mol. The highest BCUT2D eigenvalue weighted by molar-refractivity contribution is 7.89. The molecular formula is C22H24FN5O2S. The van der Waals surface area contributed by atoms with Gasteiger partial charge in [-0.3, -0.25) is 0 Å². The molecule has 1 aliphatic heterocycles. The van der Waals surface area contributed by atoms with Gasteiger partial charge >= 0.3 is 0 Å². The summed E-state index contributed by atoms with van der Waals surface area (Å²) in [6.45, 7) is 1.51. The third-order valence-corrected chi connectivity index (χ3v) is 7.56. The Kier molecular flexibility index (Phi) is 5.99. The third-order valence-electron chi connectivity index (χ3n) is 5.59. The maximum absolute atomic E-state index is 14.9. The van der Waals surface area contributed by atoms with E-state index in [-0.39, 0.29) is 16.9 Å². The topological polar surface area (TPSA) is 101 Å². The average Bonchev–Trinajstić information content (AvgIpc) is 2.80. The van der Waals surface area contributed by atoms with Crippen molar-refractivity contribution in [2.45, 2.75) is 23.8 Å². The molecule has 0 saturated carbocycles. The summed E-state index contributed by atoms with van der Waals surface area (Å²) in [5, 5.41) is 3.24. The molecule has 162 valence electrons. The average molecular weight is 442 g/mol. The molecule has 2 aromatic carbocycles. The minimum absolute atomic E-state index is 0.109. The van der Waals surface area contributed by atoms with Gasteiger partial charge in [0, 0.05) is 48.7 Å². The van der Waals surface area contributed by atoms with Crippen LogP contribution in [0.2, 0.25) is 0 Å². The van der Waals surface area contributed by atoms with Gasteiger partial charge in [-0.2, -0.15) is 4.31 Å². The van der Waals surface area contributed by atoms with Crippen LogP contribution >= 0.6 is 0 Å². The number of rotatable bonds is 5. The first-order valence-corrected chi connectivity index (χ1v) is 11.5. The number of nitrogens with two attached hydrogens (primary N) is 1. The fraction of sp³-hybridized carbons (Fsp3) is 0.273. The molecule has 0 bridgehead atoms. The van der Waals surface area contributed by atoms with Gasteiger partial charge in [0.25, 0.3) is 0 Å². The predicted octanol–water partition coefficient (Wildman–Crippen LogP) is 2.90. The van der Waals surface area contributed by atoms with E-state index in [0.29, 0.717) is 28.8 Å². The molecule has 3 N–H and O–H groups in total. The van der Waals surface area contributed by atoms with Crippen LogP contribution < -0.4 is 11.1 Å². The zero-order chi connectivity index (χ0) is 22.0. The van der Waals surface area contributed by atoms with Crippen molar-refractivity contribution in [1.82, 2.24) is 19.6 Å². The quantitative estimate of drug-likeness (QED) is 0.631. The number of nitrogens with zero attached hydrogens (tertiary/aromatic N) is 3. The Morgan fingerprint density at radius 2 is 1.84 bits per heavy atom. The number of benzene rings is 2. The minimum Gasteiger partial charge on any atom is -0.368 e. The van der Waals surface area contributed by atoms with Crippen molar-refractivity contribution in [3.63, 3.8) is 0 Å². The van der Waals surface area contributed by atoms with E-state index < -0.39 is 15.8 Å². The number of nitrogens with one attached hydrogen (secondary N) is 1. The summed E-state index contributed by atoms with van der Waals surface area (Å²) < 4.78 is 43.2. The molecule has 0 amide bonds. The summed E-state index contributed by atoms with van der Waals surface area (Å²) in [7, 11) is -2.15. The highest BCUT2D eigenvalue weighted by Crippen LogP contribution is 2.33. The Labute approximate surface area is 181 Å². The first-order chi connectivity index (χ1) is 14.9. The molecule has 1 fully saturated rings. The lowest BCUT2D eigenvalue weighted by atomic mass is 10.0. The van der Waals surface area contributed by atoms with Gasteiger partial charge in [-0.1, -0.05) is 30.3 Å². The number of halogens is 1. The van der Waals surface area contributed by atoms with Crippen LogP contribution in [0.5, 0.6) is 0 Å². The Hall–Kier alpha value is -2.88. The summed E-state index contributed by atoms with van der Waals surface area (Å²) in [4.78, 5) is 7.95. The van der Waals surface area contributed by atoms with Crippen LogP contribution in [-0.4, -0.2) is 48.9 Å². The van der Waals surface area contributed by atoms with Crippen molar-refractivity contribution in [3.05, 3.63) is 60.7 Å². The molecule has 31 heavy (non-hydrogen) atoms. The van der Waals surface area contributed by atoms with Crippen molar-refractivity contribution in [1.29, 1.82) is 0 Å².